The van der Waals surface area contributed by atoms with Crippen LogP contribution in [0.15, 0.2) is 48.5 Å². The molecule has 0 aliphatic carbocycles. The summed E-state index contributed by atoms with van der Waals surface area (Å²) in [6.07, 6.45) is 0.401. The van der Waals surface area contributed by atoms with Gasteiger partial charge in [0.2, 0.25) is 0 Å². The molecule has 5 nitrogen and oxygen atoms in total. The van der Waals surface area contributed by atoms with Crippen LogP contribution in [0.3, 0.4) is 0 Å². The summed E-state index contributed by atoms with van der Waals surface area (Å²) in [5.41, 5.74) is 1.24. The summed E-state index contributed by atoms with van der Waals surface area (Å²) in [5, 5.41) is 0.710. The number of halogens is 1. The van der Waals surface area contributed by atoms with Crippen molar-refractivity contribution in [2.45, 2.75) is 18.9 Å². The van der Waals surface area contributed by atoms with Gasteiger partial charge in [-0.3, -0.25) is 4.79 Å². The number of nitrogens with zero attached hydrogens (tertiary/aromatic N) is 2. The molecule has 0 spiro atoms. The lowest BCUT2D eigenvalue weighted by Gasteiger charge is -2.41. The van der Waals surface area contributed by atoms with Crippen LogP contribution in [0.1, 0.15) is 22.8 Å². The second-order valence-corrected chi connectivity index (χ2v) is 7.59. The second kappa shape index (κ2) is 6.89. The molecule has 2 aromatic carbocycles. The van der Waals surface area contributed by atoms with Gasteiger partial charge >= 0.3 is 5.97 Å². The molecule has 0 saturated carbocycles. The van der Waals surface area contributed by atoms with Crippen molar-refractivity contribution in [1.82, 2.24) is 4.90 Å². The zero-order chi connectivity index (χ0) is 19.0. The van der Waals surface area contributed by atoms with Gasteiger partial charge in [-0.15, -0.1) is 0 Å². The molecular weight excluding hydrogens is 364 g/mol. The van der Waals surface area contributed by atoms with E-state index in [-0.39, 0.29) is 5.91 Å². The molecular formula is C21H21ClN2O3. The highest BCUT2D eigenvalue weighted by Crippen LogP contribution is 2.31. The zero-order valence-corrected chi connectivity index (χ0v) is 15.9. The Labute approximate surface area is 163 Å². The molecule has 0 bridgehead atoms. The van der Waals surface area contributed by atoms with Crippen LogP contribution in [0.25, 0.3) is 0 Å². The minimum atomic E-state index is -1.15. The first-order valence-electron chi connectivity index (χ1n) is 9.08. The number of fused-ring (bicyclic) bond motifs is 1. The molecule has 140 valence electrons. The van der Waals surface area contributed by atoms with E-state index in [4.69, 9.17) is 16.3 Å². The molecule has 2 aromatic rings. The molecule has 1 atom stereocenters. The molecule has 1 fully saturated rings. The van der Waals surface area contributed by atoms with Gasteiger partial charge in [0.25, 0.3) is 5.91 Å². The van der Waals surface area contributed by atoms with Gasteiger partial charge in [0.15, 0.2) is 5.60 Å². The zero-order valence-electron chi connectivity index (χ0n) is 15.2. The standard InChI is InChI=1S/C21H21ClN2O3/c1-21(14-15-6-2-3-7-16(15)19(25)27-21)20(26)24-12-10-23(11-13-24)18-9-5-4-8-17(18)22/h2-9H,10-14H2,1H3. The number of cyclic esters (lactones) is 1. The van der Waals surface area contributed by atoms with Crippen LogP contribution in [0.2, 0.25) is 5.02 Å². The Morgan fingerprint density at radius 1 is 1.04 bits per heavy atom. The normalized spacial score (nSPS) is 22.2. The first-order chi connectivity index (χ1) is 13.0. The molecule has 6 heteroatoms. The molecule has 4 rings (SSSR count). The van der Waals surface area contributed by atoms with E-state index in [9.17, 15) is 9.59 Å². The predicted octanol–water partition coefficient (Wildman–Crippen LogP) is 3.16. The summed E-state index contributed by atoms with van der Waals surface area (Å²) in [5.74, 6) is -0.563. The molecule has 0 radical (unpaired) electrons. The Balaban J connectivity index is 1.47. The minimum Gasteiger partial charge on any atom is -0.445 e. The largest absolute Gasteiger partial charge is 0.445 e. The molecule has 27 heavy (non-hydrogen) atoms. The van der Waals surface area contributed by atoms with E-state index in [1.807, 2.05) is 36.4 Å². The van der Waals surface area contributed by atoms with Crippen molar-refractivity contribution in [1.29, 1.82) is 0 Å². The van der Waals surface area contributed by atoms with Gasteiger partial charge in [-0.25, -0.2) is 4.79 Å². The number of benzene rings is 2. The van der Waals surface area contributed by atoms with E-state index < -0.39 is 11.6 Å². The lowest BCUT2D eigenvalue weighted by atomic mass is 9.88. The smallest absolute Gasteiger partial charge is 0.339 e. The maximum Gasteiger partial charge on any atom is 0.339 e. The van der Waals surface area contributed by atoms with Crippen LogP contribution in [-0.4, -0.2) is 48.6 Å². The maximum absolute atomic E-state index is 13.1. The van der Waals surface area contributed by atoms with Gasteiger partial charge in [0.05, 0.1) is 16.3 Å². The molecule has 2 aliphatic heterocycles. The quantitative estimate of drug-likeness (QED) is 0.746. The van der Waals surface area contributed by atoms with Gasteiger partial charge in [0, 0.05) is 32.6 Å². The van der Waals surface area contributed by atoms with Crippen LogP contribution >= 0.6 is 11.6 Å². The van der Waals surface area contributed by atoms with E-state index in [1.54, 1.807) is 24.0 Å². The number of anilines is 1. The van der Waals surface area contributed by atoms with Crippen LogP contribution in [0.4, 0.5) is 5.69 Å². The summed E-state index contributed by atoms with van der Waals surface area (Å²) in [7, 11) is 0. The third-order valence-electron chi connectivity index (χ3n) is 5.30. The number of ether oxygens (including phenoxy) is 1. The lowest BCUT2D eigenvalue weighted by Crippen LogP contribution is -2.58. The van der Waals surface area contributed by atoms with E-state index in [0.29, 0.717) is 43.2 Å². The number of esters is 1. The molecule has 0 aromatic heterocycles. The number of para-hydroxylation sites is 1. The fraction of sp³-hybridized carbons (Fsp3) is 0.333. The van der Waals surface area contributed by atoms with Crippen LogP contribution in [0, 0.1) is 0 Å². The van der Waals surface area contributed by atoms with Crippen molar-refractivity contribution < 1.29 is 14.3 Å². The van der Waals surface area contributed by atoms with Crippen molar-refractivity contribution in [3.63, 3.8) is 0 Å². The summed E-state index contributed by atoms with van der Waals surface area (Å²) >= 11 is 6.28. The highest BCUT2D eigenvalue weighted by molar-refractivity contribution is 6.33. The molecule has 1 unspecified atom stereocenters. The monoisotopic (exact) mass is 384 g/mol. The average molecular weight is 385 g/mol. The summed E-state index contributed by atoms with van der Waals surface area (Å²) < 4.78 is 5.58. The van der Waals surface area contributed by atoms with Crippen molar-refractivity contribution >= 4 is 29.2 Å². The van der Waals surface area contributed by atoms with Crippen molar-refractivity contribution in [3.8, 4) is 0 Å². The lowest BCUT2D eigenvalue weighted by molar-refractivity contribution is -0.151. The molecule has 0 N–H and O–H groups in total. The van der Waals surface area contributed by atoms with Crippen LogP contribution in [0.5, 0.6) is 0 Å². The summed E-state index contributed by atoms with van der Waals surface area (Å²) in [6.45, 7) is 4.23. The fourth-order valence-corrected chi connectivity index (χ4v) is 4.10. The number of piperazine rings is 1. The van der Waals surface area contributed by atoms with Gasteiger partial charge in [-0.2, -0.15) is 0 Å². The summed E-state index contributed by atoms with van der Waals surface area (Å²) in [6, 6.07) is 15.0. The van der Waals surface area contributed by atoms with Gasteiger partial charge in [-0.1, -0.05) is 41.9 Å². The van der Waals surface area contributed by atoms with E-state index in [2.05, 4.69) is 4.90 Å². The summed E-state index contributed by atoms with van der Waals surface area (Å²) in [4.78, 5) is 29.5. The maximum atomic E-state index is 13.1. The SMILES string of the molecule is CC1(C(=O)N2CCN(c3ccccc3Cl)CC2)Cc2ccccc2C(=O)O1. The second-order valence-electron chi connectivity index (χ2n) is 7.18. The Morgan fingerprint density at radius 2 is 1.70 bits per heavy atom. The first kappa shape index (κ1) is 17.9. The van der Waals surface area contributed by atoms with E-state index in [0.717, 1.165) is 11.3 Å². The first-order valence-corrected chi connectivity index (χ1v) is 9.46. The van der Waals surface area contributed by atoms with Crippen molar-refractivity contribution in [3.05, 3.63) is 64.7 Å². The van der Waals surface area contributed by atoms with E-state index in [1.165, 1.54) is 0 Å². The molecule has 1 saturated heterocycles. The fourth-order valence-electron chi connectivity index (χ4n) is 3.85. The third kappa shape index (κ3) is 3.28. The Bertz CT molecular complexity index is 893. The van der Waals surface area contributed by atoms with E-state index >= 15 is 0 Å². The molecule has 1 amide bonds. The number of carbonyl (C=O) groups excluding carboxylic acids is 2. The van der Waals surface area contributed by atoms with Crippen LogP contribution in [-0.2, 0) is 16.0 Å². The Morgan fingerprint density at radius 3 is 2.44 bits per heavy atom. The van der Waals surface area contributed by atoms with Crippen molar-refractivity contribution in [2.24, 2.45) is 0 Å². The highest BCUT2D eigenvalue weighted by Gasteiger charge is 2.45. The average Bonchev–Trinajstić information content (AvgIpc) is 2.68. The predicted molar refractivity (Wildman–Crippen MR) is 104 cm³/mol. The van der Waals surface area contributed by atoms with Gasteiger partial charge in [-0.05, 0) is 30.7 Å². The molecule has 2 aliphatic rings. The number of carbonyl (C=O) groups is 2. The number of hydrogen-bond acceptors (Lipinski definition) is 4. The topological polar surface area (TPSA) is 49.9 Å². The minimum absolute atomic E-state index is 0.135. The van der Waals surface area contributed by atoms with Crippen molar-refractivity contribution in [2.75, 3.05) is 31.1 Å². The van der Waals surface area contributed by atoms with Gasteiger partial charge < -0.3 is 14.5 Å². The number of amides is 1. The molecule has 2 heterocycles. The van der Waals surface area contributed by atoms with Gasteiger partial charge in [0.1, 0.15) is 0 Å². The third-order valence-corrected chi connectivity index (χ3v) is 5.62. The number of hydrogen-bond donors (Lipinski definition) is 0. The van der Waals surface area contributed by atoms with Crippen LogP contribution < -0.4 is 4.90 Å². The highest BCUT2D eigenvalue weighted by atomic mass is 35.5. The Hall–Kier alpha value is -2.53. The Kier molecular flexibility index (Phi) is 4.56. The number of rotatable bonds is 2.